The van der Waals surface area contributed by atoms with Crippen molar-refractivity contribution in [2.75, 3.05) is 13.8 Å². The van der Waals surface area contributed by atoms with Crippen LogP contribution in [0.1, 0.15) is 13.8 Å². The smallest absolute Gasteiger partial charge is 0.0398 e. The Labute approximate surface area is 46.9 Å². The summed E-state index contributed by atoms with van der Waals surface area (Å²) in [6, 6.07) is 0. The second-order valence-electron chi connectivity index (χ2n) is 1.82. The van der Waals surface area contributed by atoms with Crippen LogP contribution in [0, 0.1) is 0 Å². The lowest BCUT2D eigenvalue weighted by atomic mass is 10.6. The van der Waals surface area contributed by atoms with Crippen LogP contribution in [-0.2, 0) is 4.52 Å². The van der Waals surface area contributed by atoms with E-state index < -0.39 is 0 Å². The Morgan fingerprint density at radius 3 is 1.86 bits per heavy atom. The second kappa shape index (κ2) is 3.40. The molecule has 0 aliphatic carbocycles. The first-order chi connectivity index (χ1) is 3.18. The fraction of sp³-hybridized carbons (Fsp3) is 1.00. The van der Waals surface area contributed by atoms with E-state index in [1.54, 1.807) is 7.11 Å². The third-order valence-corrected chi connectivity index (χ3v) is 3.05. The molecule has 44 valence electrons. The SMILES string of the molecule is COP(C)C(C)C. The fourth-order valence-electron chi connectivity index (χ4n) is 0.211. The van der Waals surface area contributed by atoms with Gasteiger partial charge in [-0.3, -0.25) is 0 Å². The van der Waals surface area contributed by atoms with Gasteiger partial charge >= 0.3 is 0 Å². The lowest BCUT2D eigenvalue weighted by molar-refractivity contribution is 0.459. The van der Waals surface area contributed by atoms with Crippen molar-refractivity contribution in [3.8, 4) is 0 Å². The Balaban J connectivity index is 3.14. The van der Waals surface area contributed by atoms with Crippen LogP contribution in [0.4, 0.5) is 0 Å². The number of hydrogen-bond donors (Lipinski definition) is 0. The molecule has 2 heteroatoms. The summed E-state index contributed by atoms with van der Waals surface area (Å²) < 4.78 is 5.08. The molecule has 0 N–H and O–H groups in total. The van der Waals surface area contributed by atoms with E-state index in [1.807, 2.05) is 0 Å². The normalized spacial score (nSPS) is 15.0. The van der Waals surface area contributed by atoms with E-state index in [-0.39, 0.29) is 8.15 Å². The van der Waals surface area contributed by atoms with Gasteiger partial charge in [0.25, 0.3) is 0 Å². The molecular formula is C5H13OP. The van der Waals surface area contributed by atoms with E-state index in [0.717, 1.165) is 0 Å². The fourth-order valence-corrected chi connectivity index (χ4v) is 0.632. The summed E-state index contributed by atoms with van der Waals surface area (Å²) in [5.41, 5.74) is 0.708. The summed E-state index contributed by atoms with van der Waals surface area (Å²) in [6.07, 6.45) is 0. The van der Waals surface area contributed by atoms with Gasteiger partial charge in [-0.2, -0.15) is 0 Å². The van der Waals surface area contributed by atoms with Crippen molar-refractivity contribution in [1.29, 1.82) is 0 Å². The van der Waals surface area contributed by atoms with Crippen molar-refractivity contribution >= 4 is 8.15 Å². The molecule has 7 heavy (non-hydrogen) atoms. The minimum atomic E-state index is -0.137. The highest BCUT2D eigenvalue weighted by Gasteiger charge is 2.01. The zero-order chi connectivity index (χ0) is 5.86. The standard InChI is InChI=1S/C5H13OP/c1-5(2)7(4)6-3/h5H,1-4H3. The van der Waals surface area contributed by atoms with E-state index >= 15 is 0 Å². The summed E-state index contributed by atoms with van der Waals surface area (Å²) >= 11 is 0. The summed E-state index contributed by atoms with van der Waals surface area (Å²) in [5, 5.41) is 0. The van der Waals surface area contributed by atoms with Gasteiger partial charge in [0.2, 0.25) is 0 Å². The highest BCUT2D eigenvalue weighted by atomic mass is 31.1. The van der Waals surface area contributed by atoms with Crippen LogP contribution in [0.3, 0.4) is 0 Å². The Bertz CT molecular complexity index is 45.3. The van der Waals surface area contributed by atoms with E-state index in [2.05, 4.69) is 20.5 Å². The van der Waals surface area contributed by atoms with E-state index in [4.69, 9.17) is 4.52 Å². The van der Waals surface area contributed by atoms with Crippen LogP contribution in [-0.4, -0.2) is 19.4 Å². The molecule has 0 fully saturated rings. The van der Waals surface area contributed by atoms with Gasteiger partial charge in [-0.1, -0.05) is 13.8 Å². The molecule has 1 unspecified atom stereocenters. The molecule has 0 heterocycles. The third kappa shape index (κ3) is 3.02. The van der Waals surface area contributed by atoms with Crippen molar-refractivity contribution in [1.82, 2.24) is 0 Å². The summed E-state index contributed by atoms with van der Waals surface area (Å²) in [5.74, 6) is 0. The average molecular weight is 120 g/mol. The van der Waals surface area contributed by atoms with Crippen LogP contribution in [0.15, 0.2) is 0 Å². The Morgan fingerprint density at radius 2 is 1.86 bits per heavy atom. The summed E-state index contributed by atoms with van der Waals surface area (Å²) in [4.78, 5) is 0. The van der Waals surface area contributed by atoms with Gasteiger partial charge in [-0.25, -0.2) is 0 Å². The highest BCUT2D eigenvalue weighted by molar-refractivity contribution is 7.52. The van der Waals surface area contributed by atoms with E-state index in [0.29, 0.717) is 5.66 Å². The lowest BCUT2D eigenvalue weighted by Gasteiger charge is -2.11. The summed E-state index contributed by atoms with van der Waals surface area (Å²) in [6.45, 7) is 6.49. The number of hydrogen-bond acceptors (Lipinski definition) is 1. The Kier molecular flexibility index (Phi) is 3.59. The maximum Gasteiger partial charge on any atom is 0.0398 e. The Hall–Kier alpha value is 0.390. The van der Waals surface area contributed by atoms with Crippen molar-refractivity contribution in [3.63, 3.8) is 0 Å². The Morgan fingerprint density at radius 1 is 1.43 bits per heavy atom. The van der Waals surface area contributed by atoms with Crippen LogP contribution in [0.2, 0.25) is 0 Å². The molecule has 0 saturated carbocycles. The monoisotopic (exact) mass is 120 g/mol. The zero-order valence-corrected chi connectivity index (χ0v) is 6.33. The largest absolute Gasteiger partial charge is 0.362 e. The van der Waals surface area contributed by atoms with Crippen molar-refractivity contribution in [3.05, 3.63) is 0 Å². The van der Waals surface area contributed by atoms with Crippen molar-refractivity contribution in [2.45, 2.75) is 19.5 Å². The van der Waals surface area contributed by atoms with Gasteiger partial charge in [0.1, 0.15) is 0 Å². The first kappa shape index (κ1) is 7.39. The molecule has 0 aliphatic heterocycles. The first-order valence-electron chi connectivity index (χ1n) is 2.45. The molecule has 0 aliphatic rings. The van der Waals surface area contributed by atoms with Crippen LogP contribution >= 0.6 is 8.15 Å². The first-order valence-corrected chi connectivity index (χ1v) is 4.23. The molecule has 1 nitrogen and oxygen atoms in total. The van der Waals surface area contributed by atoms with Gasteiger partial charge in [0.15, 0.2) is 0 Å². The molecule has 0 amide bonds. The van der Waals surface area contributed by atoms with Gasteiger partial charge < -0.3 is 4.52 Å². The summed E-state index contributed by atoms with van der Waals surface area (Å²) in [7, 11) is 1.63. The minimum absolute atomic E-state index is 0.137. The topological polar surface area (TPSA) is 9.23 Å². The number of rotatable bonds is 2. The second-order valence-corrected chi connectivity index (χ2v) is 4.31. The maximum atomic E-state index is 5.08. The van der Waals surface area contributed by atoms with E-state index in [9.17, 15) is 0 Å². The van der Waals surface area contributed by atoms with Gasteiger partial charge in [-0.05, 0) is 12.3 Å². The minimum Gasteiger partial charge on any atom is -0.362 e. The molecule has 0 aromatic carbocycles. The van der Waals surface area contributed by atoms with Gasteiger partial charge in [-0.15, -0.1) is 0 Å². The molecule has 0 spiro atoms. The van der Waals surface area contributed by atoms with Gasteiger partial charge in [0, 0.05) is 15.3 Å². The van der Waals surface area contributed by atoms with Crippen LogP contribution < -0.4 is 0 Å². The molecule has 0 aromatic rings. The third-order valence-electron chi connectivity index (χ3n) is 1.02. The zero-order valence-electron chi connectivity index (χ0n) is 5.43. The van der Waals surface area contributed by atoms with E-state index in [1.165, 1.54) is 0 Å². The van der Waals surface area contributed by atoms with Crippen LogP contribution in [0.5, 0.6) is 0 Å². The van der Waals surface area contributed by atoms with Crippen molar-refractivity contribution in [2.24, 2.45) is 0 Å². The molecular weight excluding hydrogens is 107 g/mol. The predicted octanol–water partition coefficient (Wildman–Crippen LogP) is 2.07. The van der Waals surface area contributed by atoms with Crippen molar-refractivity contribution < 1.29 is 4.52 Å². The highest BCUT2D eigenvalue weighted by Crippen LogP contribution is 2.35. The quantitative estimate of drug-likeness (QED) is 0.507. The molecule has 0 radical (unpaired) electrons. The predicted molar refractivity (Wildman–Crippen MR) is 35.0 cm³/mol. The lowest BCUT2D eigenvalue weighted by Crippen LogP contribution is -1.90. The molecule has 1 atom stereocenters. The van der Waals surface area contributed by atoms with Crippen LogP contribution in [0.25, 0.3) is 0 Å². The average Bonchev–Trinajstić information content (AvgIpc) is 1.65. The molecule has 0 saturated heterocycles. The molecule has 0 rings (SSSR count). The van der Waals surface area contributed by atoms with Gasteiger partial charge in [0.05, 0.1) is 0 Å². The molecule has 0 aromatic heterocycles. The molecule has 0 bridgehead atoms. The maximum absolute atomic E-state index is 5.08.